The van der Waals surface area contributed by atoms with Crippen molar-refractivity contribution in [1.82, 2.24) is 5.32 Å². The van der Waals surface area contributed by atoms with Gasteiger partial charge in [0.25, 0.3) is 0 Å². The lowest BCUT2D eigenvalue weighted by Gasteiger charge is -2.32. The molecule has 0 spiro atoms. The smallest absolute Gasteiger partial charge is 0.320 e. The van der Waals surface area contributed by atoms with Crippen molar-refractivity contribution in [1.29, 1.82) is 0 Å². The summed E-state index contributed by atoms with van der Waals surface area (Å²) in [5, 5.41) is 11.9. The Labute approximate surface area is 108 Å². The first-order valence-electron chi connectivity index (χ1n) is 6.45. The molecule has 98 valence electrons. The standard InChI is InChI=1S/C14H20N2O2/c1-15-12(14(17)18)8-10-16-9-4-6-11-5-2-3-7-13(11)16/h2-3,5,7,12,15H,4,6,8-10H2,1H3,(H,17,18). The number of fused-ring (bicyclic) bond motifs is 1. The van der Waals surface area contributed by atoms with Crippen LogP contribution in [0.3, 0.4) is 0 Å². The Bertz CT molecular complexity index is 420. The highest BCUT2D eigenvalue weighted by molar-refractivity contribution is 5.73. The van der Waals surface area contributed by atoms with Crippen molar-refractivity contribution in [3.63, 3.8) is 0 Å². The number of carboxylic acid groups (broad SMARTS) is 1. The second-order valence-corrected chi connectivity index (χ2v) is 4.69. The quantitative estimate of drug-likeness (QED) is 0.829. The van der Waals surface area contributed by atoms with Gasteiger partial charge in [-0.3, -0.25) is 4.79 Å². The second kappa shape index (κ2) is 5.87. The summed E-state index contributed by atoms with van der Waals surface area (Å²) in [6.45, 7) is 1.81. The van der Waals surface area contributed by atoms with Crippen LogP contribution in [0.15, 0.2) is 24.3 Å². The number of benzene rings is 1. The normalized spacial score (nSPS) is 16.2. The molecule has 0 aromatic heterocycles. The zero-order valence-electron chi connectivity index (χ0n) is 10.7. The maximum absolute atomic E-state index is 11.0. The summed E-state index contributed by atoms with van der Waals surface area (Å²) in [5.41, 5.74) is 2.64. The second-order valence-electron chi connectivity index (χ2n) is 4.69. The van der Waals surface area contributed by atoms with Crippen LogP contribution < -0.4 is 10.2 Å². The Kier molecular flexibility index (Phi) is 4.20. The van der Waals surface area contributed by atoms with Gasteiger partial charge in [-0.1, -0.05) is 18.2 Å². The lowest BCUT2D eigenvalue weighted by atomic mass is 10.0. The van der Waals surface area contributed by atoms with E-state index in [1.165, 1.54) is 11.3 Å². The predicted octanol–water partition coefficient (Wildman–Crippen LogP) is 1.50. The molecule has 0 fully saturated rings. The van der Waals surface area contributed by atoms with Crippen LogP contribution in [0.4, 0.5) is 5.69 Å². The van der Waals surface area contributed by atoms with E-state index >= 15 is 0 Å². The minimum atomic E-state index is -0.775. The van der Waals surface area contributed by atoms with Gasteiger partial charge in [-0.05, 0) is 37.9 Å². The van der Waals surface area contributed by atoms with Crippen molar-refractivity contribution in [2.75, 3.05) is 25.0 Å². The van der Waals surface area contributed by atoms with Crippen LogP contribution in [0.1, 0.15) is 18.4 Å². The van der Waals surface area contributed by atoms with Crippen LogP contribution in [-0.2, 0) is 11.2 Å². The summed E-state index contributed by atoms with van der Waals surface area (Å²) in [5.74, 6) is -0.775. The highest BCUT2D eigenvalue weighted by Crippen LogP contribution is 2.26. The van der Waals surface area contributed by atoms with Gasteiger partial charge in [0.1, 0.15) is 6.04 Å². The number of carbonyl (C=O) groups is 1. The summed E-state index contributed by atoms with van der Waals surface area (Å²) in [6.07, 6.45) is 2.90. The van der Waals surface area contributed by atoms with E-state index in [0.717, 1.165) is 25.9 Å². The van der Waals surface area contributed by atoms with E-state index in [1.54, 1.807) is 7.05 Å². The molecule has 0 aliphatic carbocycles. The molecule has 1 aromatic carbocycles. The summed E-state index contributed by atoms with van der Waals surface area (Å²) < 4.78 is 0. The molecule has 1 heterocycles. The number of hydrogen-bond donors (Lipinski definition) is 2. The van der Waals surface area contributed by atoms with E-state index in [9.17, 15) is 4.79 Å². The Morgan fingerprint density at radius 2 is 2.28 bits per heavy atom. The molecule has 0 saturated carbocycles. The van der Waals surface area contributed by atoms with Crippen molar-refractivity contribution in [3.05, 3.63) is 29.8 Å². The maximum atomic E-state index is 11.0. The minimum Gasteiger partial charge on any atom is -0.480 e. The van der Waals surface area contributed by atoms with Gasteiger partial charge < -0.3 is 15.3 Å². The molecule has 1 atom stereocenters. The van der Waals surface area contributed by atoms with Gasteiger partial charge in [0, 0.05) is 18.8 Å². The first kappa shape index (κ1) is 12.9. The van der Waals surface area contributed by atoms with E-state index in [4.69, 9.17) is 5.11 Å². The topological polar surface area (TPSA) is 52.6 Å². The van der Waals surface area contributed by atoms with Crippen LogP contribution in [-0.4, -0.2) is 37.3 Å². The molecule has 4 heteroatoms. The van der Waals surface area contributed by atoms with Crippen LogP contribution in [0.2, 0.25) is 0 Å². The summed E-state index contributed by atoms with van der Waals surface area (Å²) in [6, 6.07) is 7.94. The molecule has 1 aliphatic rings. The largest absolute Gasteiger partial charge is 0.480 e. The van der Waals surface area contributed by atoms with E-state index in [0.29, 0.717) is 6.42 Å². The lowest BCUT2D eigenvalue weighted by molar-refractivity contribution is -0.139. The van der Waals surface area contributed by atoms with Crippen molar-refractivity contribution < 1.29 is 9.90 Å². The van der Waals surface area contributed by atoms with E-state index in [2.05, 4.69) is 28.4 Å². The van der Waals surface area contributed by atoms with Gasteiger partial charge in [-0.2, -0.15) is 0 Å². The van der Waals surface area contributed by atoms with E-state index < -0.39 is 12.0 Å². The summed E-state index contributed by atoms with van der Waals surface area (Å²) in [7, 11) is 1.70. The Hall–Kier alpha value is -1.55. The number of hydrogen-bond acceptors (Lipinski definition) is 3. The molecule has 0 amide bonds. The Morgan fingerprint density at radius 3 is 3.00 bits per heavy atom. The first-order chi connectivity index (χ1) is 8.72. The van der Waals surface area contributed by atoms with E-state index in [-0.39, 0.29) is 0 Å². The number of nitrogens with zero attached hydrogens (tertiary/aromatic N) is 1. The molecule has 18 heavy (non-hydrogen) atoms. The lowest BCUT2D eigenvalue weighted by Crippen LogP contribution is -2.39. The molecule has 0 bridgehead atoms. The number of rotatable bonds is 5. The first-order valence-corrected chi connectivity index (χ1v) is 6.45. The third-order valence-electron chi connectivity index (χ3n) is 3.54. The average Bonchev–Trinajstić information content (AvgIpc) is 2.39. The number of likely N-dealkylation sites (N-methyl/N-ethyl adjacent to an activating group) is 1. The number of para-hydroxylation sites is 1. The molecule has 2 N–H and O–H groups in total. The van der Waals surface area contributed by atoms with Crippen molar-refractivity contribution in [3.8, 4) is 0 Å². The molecular formula is C14H20N2O2. The molecule has 1 aliphatic heterocycles. The molecular weight excluding hydrogens is 228 g/mol. The fourth-order valence-corrected chi connectivity index (χ4v) is 2.52. The van der Waals surface area contributed by atoms with E-state index in [1.807, 2.05) is 6.07 Å². The monoisotopic (exact) mass is 248 g/mol. The van der Waals surface area contributed by atoms with Gasteiger partial charge in [0.2, 0.25) is 0 Å². The molecule has 1 unspecified atom stereocenters. The molecule has 4 nitrogen and oxygen atoms in total. The van der Waals surface area contributed by atoms with Gasteiger partial charge >= 0.3 is 5.97 Å². The molecule has 1 aromatic rings. The third kappa shape index (κ3) is 2.82. The summed E-state index contributed by atoms with van der Waals surface area (Å²) in [4.78, 5) is 13.3. The number of aliphatic carboxylic acids is 1. The third-order valence-corrected chi connectivity index (χ3v) is 3.54. The number of aryl methyl sites for hydroxylation is 1. The molecule has 0 radical (unpaired) electrons. The summed E-state index contributed by atoms with van der Waals surface area (Å²) >= 11 is 0. The van der Waals surface area contributed by atoms with Crippen LogP contribution >= 0.6 is 0 Å². The van der Waals surface area contributed by atoms with Crippen molar-refractivity contribution >= 4 is 11.7 Å². The van der Waals surface area contributed by atoms with Gasteiger partial charge in [-0.15, -0.1) is 0 Å². The molecule has 2 rings (SSSR count). The molecule has 0 saturated heterocycles. The minimum absolute atomic E-state index is 0.459. The van der Waals surface area contributed by atoms with Gasteiger partial charge in [-0.25, -0.2) is 0 Å². The van der Waals surface area contributed by atoms with Gasteiger partial charge in [0.15, 0.2) is 0 Å². The van der Waals surface area contributed by atoms with Crippen LogP contribution in [0, 0.1) is 0 Å². The zero-order valence-corrected chi connectivity index (χ0v) is 10.7. The van der Waals surface area contributed by atoms with Crippen LogP contribution in [0.25, 0.3) is 0 Å². The highest BCUT2D eigenvalue weighted by Gasteiger charge is 2.19. The fraction of sp³-hybridized carbons (Fsp3) is 0.500. The zero-order chi connectivity index (χ0) is 13.0. The number of carboxylic acids is 1. The predicted molar refractivity (Wildman–Crippen MR) is 72.1 cm³/mol. The maximum Gasteiger partial charge on any atom is 0.320 e. The van der Waals surface area contributed by atoms with Crippen molar-refractivity contribution in [2.24, 2.45) is 0 Å². The Morgan fingerprint density at radius 1 is 1.50 bits per heavy atom. The number of anilines is 1. The highest BCUT2D eigenvalue weighted by atomic mass is 16.4. The van der Waals surface area contributed by atoms with Crippen molar-refractivity contribution in [2.45, 2.75) is 25.3 Å². The van der Waals surface area contributed by atoms with Crippen LogP contribution in [0.5, 0.6) is 0 Å². The fourth-order valence-electron chi connectivity index (χ4n) is 2.52. The average molecular weight is 248 g/mol. The SMILES string of the molecule is CNC(CCN1CCCc2ccccc21)C(=O)O. The Balaban J connectivity index is 2.01. The number of nitrogens with one attached hydrogen (secondary N) is 1. The van der Waals surface area contributed by atoms with Gasteiger partial charge in [0.05, 0.1) is 0 Å².